The zero-order chi connectivity index (χ0) is 15.1. The van der Waals surface area contributed by atoms with Crippen LogP contribution in [0.5, 0.6) is 5.75 Å². The molecule has 0 spiro atoms. The predicted molar refractivity (Wildman–Crippen MR) is 76.3 cm³/mol. The Hall–Kier alpha value is -1.51. The molecule has 0 bridgehead atoms. The molecule has 0 saturated heterocycles. The van der Waals surface area contributed by atoms with E-state index in [0.717, 1.165) is 16.9 Å². The van der Waals surface area contributed by atoms with Gasteiger partial charge in [0.25, 0.3) is 0 Å². The molecule has 0 aromatic heterocycles. The molecule has 2 rings (SSSR count). The van der Waals surface area contributed by atoms with Crippen LogP contribution in [-0.2, 0) is 16.8 Å². The molecule has 0 fully saturated rings. The largest absolute Gasteiger partial charge is 0.497 e. The molecule has 3 heteroatoms. The van der Waals surface area contributed by atoms with Gasteiger partial charge in [0.1, 0.15) is 5.75 Å². The Morgan fingerprint density at radius 2 is 2.11 bits per heavy atom. The van der Waals surface area contributed by atoms with Crippen LogP contribution < -0.4 is 4.74 Å². The molecular formula is C16H23NO2. The van der Waals surface area contributed by atoms with Gasteiger partial charge < -0.3 is 9.64 Å². The molecule has 1 aromatic rings. The Labute approximate surface area is 117 Å². The lowest BCUT2D eigenvalue weighted by Gasteiger charge is -2.45. The Kier molecular flexibility index (Phi) is 2.80. The number of benzene rings is 1. The van der Waals surface area contributed by atoms with E-state index in [9.17, 15) is 4.79 Å². The number of nitrogens with zero attached hydrogens (tertiary/aromatic N) is 1. The van der Waals surface area contributed by atoms with Gasteiger partial charge in [-0.2, -0.15) is 0 Å². The first kappa shape index (κ1) is 12.5. The molecule has 3 nitrogen and oxygen atoms in total. The van der Waals surface area contributed by atoms with Crippen LogP contribution in [0.25, 0.3) is 0 Å². The Bertz CT molecular complexity index is 536. The van der Waals surface area contributed by atoms with Gasteiger partial charge in [0.2, 0.25) is 5.91 Å². The Balaban J connectivity index is 2.59. The summed E-state index contributed by atoms with van der Waals surface area (Å²) in [5.74, 6) is 0.831. The fourth-order valence-electron chi connectivity index (χ4n) is 2.56. The molecule has 0 aliphatic carbocycles. The monoisotopic (exact) mass is 262 g/mol. The summed E-state index contributed by atoms with van der Waals surface area (Å²) in [5.41, 5.74) is 1.01. The lowest BCUT2D eigenvalue weighted by Crippen LogP contribution is -2.55. The standard InChI is InChI=1S/C16H23NO2/c1-15(2,3)17-10-11-9-12(19-6)7-8-13(11)16(4,5)14(17)18/h7-9H,10H2,1-6H3/i4D. The molecule has 0 saturated carbocycles. The molecule has 1 aromatic carbocycles. The summed E-state index contributed by atoms with van der Waals surface area (Å²) in [7, 11) is 1.64. The van der Waals surface area contributed by atoms with Crippen molar-refractivity contribution in [2.45, 2.75) is 52.1 Å². The SMILES string of the molecule is [2H]CC1(C)C(=O)N(C(C)(C)C)Cc2cc(OC)ccc21. The van der Waals surface area contributed by atoms with Gasteiger partial charge in [-0.25, -0.2) is 0 Å². The van der Waals surface area contributed by atoms with Crippen molar-refractivity contribution in [2.24, 2.45) is 0 Å². The minimum atomic E-state index is -0.771. The average molecular weight is 262 g/mol. The van der Waals surface area contributed by atoms with Crippen LogP contribution in [-0.4, -0.2) is 23.5 Å². The van der Waals surface area contributed by atoms with Crippen molar-refractivity contribution < 1.29 is 10.9 Å². The number of hydrogen-bond acceptors (Lipinski definition) is 2. The van der Waals surface area contributed by atoms with E-state index < -0.39 is 5.41 Å². The summed E-state index contributed by atoms with van der Waals surface area (Å²) in [6.07, 6.45) is 0. The minimum absolute atomic E-state index is 0.0395. The minimum Gasteiger partial charge on any atom is -0.497 e. The molecule has 0 radical (unpaired) electrons. The van der Waals surface area contributed by atoms with Crippen molar-refractivity contribution in [1.82, 2.24) is 4.90 Å². The molecule has 1 amide bonds. The van der Waals surface area contributed by atoms with E-state index in [-0.39, 0.29) is 18.3 Å². The Morgan fingerprint density at radius 1 is 1.42 bits per heavy atom. The van der Waals surface area contributed by atoms with Crippen molar-refractivity contribution in [3.05, 3.63) is 29.3 Å². The lowest BCUT2D eigenvalue weighted by molar-refractivity contribution is -0.143. The summed E-state index contributed by atoms with van der Waals surface area (Å²) in [6, 6.07) is 5.78. The topological polar surface area (TPSA) is 29.5 Å². The van der Waals surface area contributed by atoms with E-state index in [4.69, 9.17) is 6.11 Å². The van der Waals surface area contributed by atoms with Crippen LogP contribution in [0.2, 0.25) is 0 Å². The van der Waals surface area contributed by atoms with E-state index in [2.05, 4.69) is 0 Å². The highest BCUT2D eigenvalue weighted by atomic mass is 16.5. The van der Waals surface area contributed by atoms with Crippen molar-refractivity contribution in [3.63, 3.8) is 0 Å². The third kappa shape index (κ3) is 2.22. The highest BCUT2D eigenvalue weighted by Crippen LogP contribution is 2.38. The molecule has 0 N–H and O–H groups in total. The molecule has 1 heterocycles. The summed E-state index contributed by atoms with van der Waals surface area (Å²) >= 11 is 0. The summed E-state index contributed by atoms with van der Waals surface area (Å²) in [5, 5.41) is 0. The lowest BCUT2D eigenvalue weighted by atomic mass is 9.76. The average Bonchev–Trinajstić information content (AvgIpc) is 2.40. The van der Waals surface area contributed by atoms with Crippen LogP contribution in [0.3, 0.4) is 0 Å². The smallest absolute Gasteiger partial charge is 0.233 e. The number of ether oxygens (including phenoxy) is 1. The van der Waals surface area contributed by atoms with E-state index in [1.54, 1.807) is 7.11 Å². The third-order valence-corrected chi connectivity index (χ3v) is 3.76. The van der Waals surface area contributed by atoms with Gasteiger partial charge >= 0.3 is 0 Å². The number of fused-ring (bicyclic) bond motifs is 1. The predicted octanol–water partition coefficient (Wildman–Crippen LogP) is 3.11. The number of methoxy groups -OCH3 is 1. The summed E-state index contributed by atoms with van der Waals surface area (Å²) in [4.78, 5) is 14.7. The van der Waals surface area contributed by atoms with Gasteiger partial charge in [-0.3, -0.25) is 4.79 Å². The first-order chi connectivity index (χ1) is 9.24. The molecular weight excluding hydrogens is 238 g/mol. The van der Waals surface area contributed by atoms with Gasteiger partial charge in [0, 0.05) is 13.5 Å². The molecule has 1 aliphatic heterocycles. The maximum Gasteiger partial charge on any atom is 0.233 e. The number of amides is 1. The van der Waals surface area contributed by atoms with Crippen molar-refractivity contribution >= 4 is 5.91 Å². The van der Waals surface area contributed by atoms with E-state index in [1.807, 2.05) is 50.8 Å². The Morgan fingerprint density at radius 3 is 2.63 bits per heavy atom. The summed E-state index contributed by atoms with van der Waals surface area (Å²) < 4.78 is 13.1. The number of carbonyl (C=O) groups excluding carboxylic acids is 1. The fourth-order valence-corrected chi connectivity index (χ4v) is 2.56. The first-order valence-corrected chi connectivity index (χ1v) is 6.53. The van der Waals surface area contributed by atoms with Crippen LogP contribution >= 0.6 is 0 Å². The second kappa shape index (κ2) is 4.26. The molecule has 19 heavy (non-hydrogen) atoms. The van der Waals surface area contributed by atoms with Gasteiger partial charge in [0.05, 0.1) is 12.5 Å². The molecule has 104 valence electrons. The quantitative estimate of drug-likeness (QED) is 0.778. The maximum atomic E-state index is 12.8. The van der Waals surface area contributed by atoms with E-state index in [0.29, 0.717) is 6.54 Å². The normalized spacial score (nSPS) is 23.9. The highest BCUT2D eigenvalue weighted by Gasteiger charge is 2.43. The zero-order valence-corrected chi connectivity index (χ0v) is 12.4. The zero-order valence-electron chi connectivity index (χ0n) is 13.4. The first-order valence-electron chi connectivity index (χ1n) is 7.23. The second-order valence-corrected chi connectivity index (χ2v) is 6.42. The number of carbonyl (C=O) groups is 1. The van der Waals surface area contributed by atoms with Gasteiger partial charge in [-0.05, 0) is 57.9 Å². The van der Waals surface area contributed by atoms with Crippen LogP contribution in [0.1, 0.15) is 47.1 Å². The summed E-state index contributed by atoms with van der Waals surface area (Å²) in [6.45, 7) is 8.58. The van der Waals surface area contributed by atoms with Crippen molar-refractivity contribution in [2.75, 3.05) is 7.11 Å². The van der Waals surface area contributed by atoms with Gasteiger partial charge in [-0.1, -0.05) is 6.07 Å². The number of rotatable bonds is 1. The highest BCUT2D eigenvalue weighted by molar-refractivity contribution is 5.90. The van der Waals surface area contributed by atoms with Crippen LogP contribution in [0, 0.1) is 0 Å². The van der Waals surface area contributed by atoms with Crippen LogP contribution in [0.4, 0.5) is 0 Å². The fraction of sp³-hybridized carbons (Fsp3) is 0.562. The third-order valence-electron chi connectivity index (χ3n) is 3.76. The maximum absolute atomic E-state index is 12.8. The van der Waals surface area contributed by atoms with Gasteiger partial charge in [-0.15, -0.1) is 0 Å². The number of hydrogen-bond donors (Lipinski definition) is 0. The molecule has 1 unspecified atom stereocenters. The van der Waals surface area contributed by atoms with Crippen molar-refractivity contribution in [1.29, 1.82) is 0 Å². The molecule has 1 atom stereocenters. The van der Waals surface area contributed by atoms with Crippen molar-refractivity contribution in [3.8, 4) is 5.75 Å². The van der Waals surface area contributed by atoms with Gasteiger partial charge in [0.15, 0.2) is 0 Å². The molecule has 1 aliphatic rings. The second-order valence-electron chi connectivity index (χ2n) is 6.42. The van der Waals surface area contributed by atoms with E-state index >= 15 is 0 Å². The van der Waals surface area contributed by atoms with E-state index in [1.165, 1.54) is 0 Å². The van der Waals surface area contributed by atoms with Crippen LogP contribution in [0.15, 0.2) is 18.2 Å².